The molecule has 0 spiro atoms. The Kier molecular flexibility index (Phi) is 10.1. The molecule has 0 N–H and O–H groups in total. The average molecular weight is 1010 g/mol. The van der Waals surface area contributed by atoms with Crippen molar-refractivity contribution < 1.29 is 13.9 Å². The van der Waals surface area contributed by atoms with E-state index in [1.807, 2.05) is 6.07 Å². The predicted molar refractivity (Wildman–Crippen MR) is 323 cm³/mol. The van der Waals surface area contributed by atoms with Gasteiger partial charge in [0.25, 0.3) is 6.71 Å². The predicted octanol–water partition coefficient (Wildman–Crippen LogP) is 17.0. The molecule has 0 fully saturated rings. The summed E-state index contributed by atoms with van der Waals surface area (Å²) >= 11 is 0. The SMILES string of the molecule is Cc1cc2c3c(c1)N(c1ccc(C(C)(C)C)cc1)c1cc4c(cc1B3c1ccc(N(c3ccccc3)c3ccccc3)cc1N2c1cc(-c2ccc3c(c2)C(C)(C)c2ccccc2-3)cc(-c2cc3ccccc3o2)c1)OCO4. The zero-order valence-corrected chi connectivity index (χ0v) is 44.6. The summed E-state index contributed by atoms with van der Waals surface area (Å²) < 4.78 is 19.3. The van der Waals surface area contributed by atoms with Crippen molar-refractivity contribution >= 4 is 85.3 Å². The molecule has 78 heavy (non-hydrogen) atoms. The third-order valence-corrected chi connectivity index (χ3v) is 16.8. The summed E-state index contributed by atoms with van der Waals surface area (Å²) in [6.45, 7) is 13.8. The summed E-state index contributed by atoms with van der Waals surface area (Å²) in [5, 5.41) is 1.07. The molecule has 0 atom stereocenters. The van der Waals surface area contributed by atoms with Crippen LogP contribution in [0.25, 0.3) is 44.5 Å². The first kappa shape index (κ1) is 46.1. The number of ether oxygens (including phenoxy) is 2. The number of rotatable bonds is 7. The summed E-state index contributed by atoms with van der Waals surface area (Å²) in [5.74, 6) is 2.33. The number of para-hydroxylation sites is 3. The molecular weight excluding hydrogens is 954 g/mol. The van der Waals surface area contributed by atoms with Crippen molar-refractivity contribution in [3.63, 3.8) is 0 Å². The van der Waals surface area contributed by atoms with E-state index in [1.165, 1.54) is 38.7 Å². The molecule has 0 radical (unpaired) electrons. The molecule has 376 valence electrons. The lowest BCUT2D eigenvalue weighted by atomic mass is 9.33. The van der Waals surface area contributed by atoms with E-state index >= 15 is 0 Å². The van der Waals surface area contributed by atoms with Crippen LogP contribution in [0.4, 0.5) is 51.2 Å². The largest absolute Gasteiger partial charge is 0.456 e. The molecule has 15 rings (SSSR count). The summed E-state index contributed by atoms with van der Waals surface area (Å²) in [6, 6.07) is 80.4. The number of benzene rings is 10. The van der Waals surface area contributed by atoms with Crippen LogP contribution in [-0.4, -0.2) is 13.5 Å². The molecular formula is C71H56BN3O3. The molecule has 3 aliphatic heterocycles. The zero-order chi connectivity index (χ0) is 52.6. The first-order valence-corrected chi connectivity index (χ1v) is 27.2. The smallest absolute Gasteiger partial charge is 0.252 e. The van der Waals surface area contributed by atoms with Crippen LogP contribution in [0.1, 0.15) is 56.9 Å². The summed E-state index contributed by atoms with van der Waals surface area (Å²) in [7, 11) is 0. The lowest BCUT2D eigenvalue weighted by Crippen LogP contribution is -2.61. The Hall–Kier alpha value is -9.20. The fraction of sp³-hybridized carbons (Fsp3) is 0.127. The Morgan fingerprint density at radius 2 is 1.13 bits per heavy atom. The van der Waals surface area contributed by atoms with Gasteiger partial charge in [-0.05, 0) is 176 Å². The molecule has 4 aliphatic rings. The van der Waals surface area contributed by atoms with Gasteiger partial charge in [0.2, 0.25) is 6.79 Å². The molecule has 0 bridgehead atoms. The number of fused-ring (bicyclic) bond motifs is 9. The standard InChI is InChI=1S/C71H56BN3O3/c1-44-33-63-69-64(34-44)75(54-36-47(35-48(37-54)66-39-46-17-13-16-24-65(46)78-66)45-25-31-56-55-22-14-15-23-57(55)71(5,6)58(56)38-45)61-40-53(73(50-18-9-7-10-19-50)51-20-11-8-12-21-51)30-32-59(61)72(69)60-41-67-68(77-43-76-67)42-62(60)74(63)52-28-26-49(27-29-52)70(2,3)4/h7-42H,43H2,1-6H3. The quantitative estimate of drug-likeness (QED) is 0.148. The second-order valence-electron chi connectivity index (χ2n) is 23.0. The van der Waals surface area contributed by atoms with E-state index < -0.39 is 0 Å². The average Bonchev–Trinajstić information content (AvgIpc) is 3.93. The van der Waals surface area contributed by atoms with E-state index in [-0.39, 0.29) is 24.3 Å². The third kappa shape index (κ3) is 7.17. The highest BCUT2D eigenvalue weighted by atomic mass is 16.7. The van der Waals surface area contributed by atoms with E-state index in [4.69, 9.17) is 13.9 Å². The lowest BCUT2D eigenvalue weighted by Gasteiger charge is -2.45. The van der Waals surface area contributed by atoms with Crippen LogP contribution in [0.2, 0.25) is 0 Å². The Balaban J connectivity index is 1.02. The maximum atomic E-state index is 6.82. The second kappa shape index (κ2) is 17.2. The van der Waals surface area contributed by atoms with Gasteiger partial charge in [-0.25, -0.2) is 0 Å². The first-order valence-electron chi connectivity index (χ1n) is 27.2. The van der Waals surface area contributed by atoms with Crippen molar-refractivity contribution in [1.29, 1.82) is 0 Å². The van der Waals surface area contributed by atoms with Gasteiger partial charge < -0.3 is 28.6 Å². The minimum absolute atomic E-state index is 0.00560. The van der Waals surface area contributed by atoms with Gasteiger partial charge in [0.15, 0.2) is 11.5 Å². The highest BCUT2D eigenvalue weighted by Crippen LogP contribution is 2.52. The van der Waals surface area contributed by atoms with Gasteiger partial charge in [0.1, 0.15) is 11.3 Å². The molecule has 0 unspecified atom stereocenters. The van der Waals surface area contributed by atoms with E-state index in [9.17, 15) is 0 Å². The van der Waals surface area contributed by atoms with Gasteiger partial charge >= 0.3 is 0 Å². The van der Waals surface area contributed by atoms with E-state index in [1.54, 1.807) is 0 Å². The van der Waals surface area contributed by atoms with Crippen LogP contribution in [0.5, 0.6) is 11.5 Å². The summed E-state index contributed by atoms with van der Waals surface area (Å²) in [4.78, 5) is 7.36. The van der Waals surface area contributed by atoms with Gasteiger partial charge in [-0.3, -0.25) is 0 Å². The molecule has 1 aliphatic carbocycles. The summed E-state index contributed by atoms with van der Waals surface area (Å²) in [6.07, 6.45) is 0. The highest BCUT2D eigenvalue weighted by Gasteiger charge is 2.45. The molecule has 7 heteroatoms. The number of hydrogen-bond donors (Lipinski definition) is 0. The normalized spacial score (nSPS) is 14.2. The lowest BCUT2D eigenvalue weighted by molar-refractivity contribution is 0.174. The number of nitrogens with zero attached hydrogens (tertiary/aromatic N) is 3. The molecule has 10 aromatic carbocycles. The van der Waals surface area contributed by atoms with Crippen LogP contribution in [0.15, 0.2) is 223 Å². The Bertz CT molecular complexity index is 4160. The van der Waals surface area contributed by atoms with Crippen LogP contribution >= 0.6 is 0 Å². The van der Waals surface area contributed by atoms with Crippen molar-refractivity contribution in [1.82, 2.24) is 0 Å². The molecule has 4 heterocycles. The van der Waals surface area contributed by atoms with Crippen molar-refractivity contribution in [2.24, 2.45) is 0 Å². The van der Waals surface area contributed by atoms with Gasteiger partial charge in [0, 0.05) is 73.6 Å². The Labute approximate surface area is 456 Å². The van der Waals surface area contributed by atoms with Gasteiger partial charge in [-0.1, -0.05) is 144 Å². The van der Waals surface area contributed by atoms with Crippen molar-refractivity contribution in [3.8, 4) is 45.1 Å². The van der Waals surface area contributed by atoms with Crippen molar-refractivity contribution in [2.75, 3.05) is 21.5 Å². The van der Waals surface area contributed by atoms with E-state index in [2.05, 4.69) is 269 Å². The van der Waals surface area contributed by atoms with E-state index in [0.29, 0.717) is 0 Å². The number of hydrogen-bond acceptors (Lipinski definition) is 6. The molecule has 6 nitrogen and oxygen atoms in total. The maximum absolute atomic E-state index is 6.82. The highest BCUT2D eigenvalue weighted by molar-refractivity contribution is 7.00. The fourth-order valence-corrected chi connectivity index (χ4v) is 13.0. The first-order chi connectivity index (χ1) is 37.9. The maximum Gasteiger partial charge on any atom is 0.252 e. The van der Waals surface area contributed by atoms with E-state index in [0.717, 1.165) is 107 Å². The van der Waals surface area contributed by atoms with Crippen molar-refractivity contribution in [3.05, 3.63) is 241 Å². The van der Waals surface area contributed by atoms with Gasteiger partial charge in [-0.15, -0.1) is 0 Å². The molecule has 11 aromatic rings. The molecule has 0 saturated heterocycles. The van der Waals surface area contributed by atoms with Gasteiger partial charge in [0.05, 0.1) is 0 Å². The minimum atomic E-state index is -0.172. The molecule has 0 saturated carbocycles. The van der Waals surface area contributed by atoms with Crippen LogP contribution < -0.4 is 40.6 Å². The fourth-order valence-electron chi connectivity index (χ4n) is 13.0. The topological polar surface area (TPSA) is 41.3 Å². The minimum Gasteiger partial charge on any atom is -0.456 e. The molecule has 1 aromatic heterocycles. The van der Waals surface area contributed by atoms with Crippen LogP contribution in [-0.2, 0) is 10.8 Å². The monoisotopic (exact) mass is 1010 g/mol. The Morgan fingerprint density at radius 1 is 0.487 bits per heavy atom. The number of anilines is 9. The summed E-state index contributed by atoms with van der Waals surface area (Å²) in [5.41, 5.74) is 24.9. The zero-order valence-electron chi connectivity index (χ0n) is 44.6. The van der Waals surface area contributed by atoms with Gasteiger partial charge in [-0.2, -0.15) is 0 Å². The number of furan rings is 1. The van der Waals surface area contributed by atoms with Crippen LogP contribution in [0, 0.1) is 6.92 Å². The third-order valence-electron chi connectivity index (χ3n) is 16.8. The number of aryl methyl sites for hydroxylation is 1. The van der Waals surface area contributed by atoms with Crippen LogP contribution in [0.3, 0.4) is 0 Å². The molecule has 0 amide bonds. The Morgan fingerprint density at radius 3 is 1.86 bits per heavy atom. The second-order valence-corrected chi connectivity index (χ2v) is 23.0. The van der Waals surface area contributed by atoms with Crippen molar-refractivity contribution in [2.45, 2.75) is 52.4 Å².